The lowest BCUT2D eigenvalue weighted by atomic mass is 10.0. The number of nitro benzene ring substituents is 1. The van der Waals surface area contributed by atoms with Crippen LogP contribution in [0, 0.1) is 17.0 Å². The van der Waals surface area contributed by atoms with Crippen molar-refractivity contribution in [2.24, 2.45) is 10.2 Å². The summed E-state index contributed by atoms with van der Waals surface area (Å²) in [5, 5.41) is 29.6. The van der Waals surface area contributed by atoms with Gasteiger partial charge in [-0.3, -0.25) is 14.9 Å². The number of aromatic hydroxyl groups is 1. The predicted octanol–water partition coefficient (Wildman–Crippen LogP) is 3.69. The fraction of sp³-hybridized carbons (Fsp3) is 0.0500. The van der Waals surface area contributed by atoms with Gasteiger partial charge >= 0.3 is 4.87 Å². The first-order chi connectivity index (χ1) is 13.9. The van der Waals surface area contributed by atoms with Gasteiger partial charge in [0, 0.05) is 23.3 Å². The van der Waals surface area contributed by atoms with E-state index in [9.17, 15) is 20.0 Å². The summed E-state index contributed by atoms with van der Waals surface area (Å²) in [4.78, 5) is 23.0. The molecule has 0 saturated carbocycles. The second-order valence-corrected chi connectivity index (χ2v) is 7.32. The minimum absolute atomic E-state index is 0.0607. The third kappa shape index (κ3) is 3.50. The van der Waals surface area contributed by atoms with Crippen LogP contribution in [0.2, 0.25) is 0 Å². The fourth-order valence-corrected chi connectivity index (χ4v) is 3.74. The molecule has 2 aromatic carbocycles. The standard InChI is InChI=1S/C20H14N4O4S/c1-12-5-7-15(8-6-12)23-19(25)17(29-20(23)26)10-14-11-21-22-18(14)13-3-2-4-16(9-13)24(27)28/h2-11,25H,1H3/b14-10-. The summed E-state index contributed by atoms with van der Waals surface area (Å²) < 4.78 is 1.23. The Labute approximate surface area is 168 Å². The van der Waals surface area contributed by atoms with E-state index in [0.29, 0.717) is 27.4 Å². The van der Waals surface area contributed by atoms with Crippen molar-refractivity contribution in [3.63, 3.8) is 0 Å². The first kappa shape index (κ1) is 18.5. The summed E-state index contributed by atoms with van der Waals surface area (Å²) in [5.41, 5.74) is 3.03. The van der Waals surface area contributed by atoms with Crippen LogP contribution in [-0.2, 0) is 0 Å². The van der Waals surface area contributed by atoms with Crippen molar-refractivity contribution in [2.45, 2.75) is 6.92 Å². The Hall–Kier alpha value is -3.85. The van der Waals surface area contributed by atoms with Crippen molar-refractivity contribution in [1.82, 2.24) is 4.57 Å². The van der Waals surface area contributed by atoms with E-state index < -0.39 is 4.92 Å². The molecular weight excluding hydrogens is 392 g/mol. The van der Waals surface area contributed by atoms with E-state index in [1.54, 1.807) is 30.3 Å². The zero-order valence-corrected chi connectivity index (χ0v) is 16.0. The highest BCUT2D eigenvalue weighted by Crippen LogP contribution is 2.28. The van der Waals surface area contributed by atoms with Gasteiger partial charge in [0.2, 0.25) is 5.88 Å². The number of nitrogens with zero attached hydrogens (tertiary/aromatic N) is 4. The van der Waals surface area contributed by atoms with E-state index in [4.69, 9.17) is 0 Å². The van der Waals surface area contributed by atoms with Gasteiger partial charge in [-0.05, 0) is 25.1 Å². The van der Waals surface area contributed by atoms with Crippen LogP contribution in [0.4, 0.5) is 5.69 Å². The van der Waals surface area contributed by atoms with Crippen LogP contribution in [0.5, 0.6) is 5.88 Å². The Kier molecular flexibility index (Phi) is 4.65. The van der Waals surface area contributed by atoms with Crippen LogP contribution in [0.15, 0.2) is 69.1 Å². The lowest BCUT2D eigenvalue weighted by molar-refractivity contribution is -0.384. The van der Waals surface area contributed by atoms with E-state index in [2.05, 4.69) is 10.2 Å². The molecule has 3 aromatic rings. The number of non-ortho nitro benzene ring substituents is 1. The van der Waals surface area contributed by atoms with E-state index in [-0.39, 0.29) is 16.4 Å². The molecule has 4 rings (SSSR count). The number of hydrogen-bond acceptors (Lipinski definition) is 7. The Balaban J connectivity index is 1.74. The van der Waals surface area contributed by atoms with Crippen LogP contribution >= 0.6 is 11.3 Å². The van der Waals surface area contributed by atoms with Crippen molar-refractivity contribution >= 4 is 35.0 Å². The average Bonchev–Trinajstić information content (AvgIpc) is 3.27. The minimum Gasteiger partial charge on any atom is -0.493 e. The van der Waals surface area contributed by atoms with Crippen molar-refractivity contribution < 1.29 is 10.0 Å². The van der Waals surface area contributed by atoms with Gasteiger partial charge in [0.05, 0.1) is 21.7 Å². The SMILES string of the molecule is Cc1ccc(-n2c(O)c(/C=C3/C=NN=C3c3cccc([N+](=O)[O-])c3)sc2=O)cc1. The molecule has 2 heterocycles. The zero-order chi connectivity index (χ0) is 20.5. The zero-order valence-electron chi connectivity index (χ0n) is 15.1. The summed E-state index contributed by atoms with van der Waals surface area (Å²) in [5.74, 6) is -0.185. The van der Waals surface area contributed by atoms with Crippen molar-refractivity contribution in [2.75, 3.05) is 0 Å². The van der Waals surface area contributed by atoms with Crippen molar-refractivity contribution in [1.29, 1.82) is 0 Å². The summed E-state index contributed by atoms with van der Waals surface area (Å²) in [6.45, 7) is 1.93. The minimum atomic E-state index is -0.484. The molecule has 0 bridgehead atoms. The van der Waals surface area contributed by atoms with Crippen LogP contribution in [0.1, 0.15) is 16.0 Å². The first-order valence-corrected chi connectivity index (χ1v) is 9.35. The van der Waals surface area contributed by atoms with Gasteiger partial charge in [-0.1, -0.05) is 41.2 Å². The number of thiazole rings is 1. The lowest BCUT2D eigenvalue weighted by Crippen LogP contribution is -2.09. The normalized spacial score (nSPS) is 14.4. The Morgan fingerprint density at radius 2 is 1.97 bits per heavy atom. The monoisotopic (exact) mass is 406 g/mol. The summed E-state index contributed by atoms with van der Waals surface area (Å²) in [6, 6.07) is 13.3. The maximum Gasteiger partial charge on any atom is 0.315 e. The predicted molar refractivity (Wildman–Crippen MR) is 112 cm³/mol. The maximum absolute atomic E-state index is 12.4. The number of nitro groups is 1. The van der Waals surface area contributed by atoms with Gasteiger partial charge in [-0.2, -0.15) is 5.10 Å². The van der Waals surface area contributed by atoms with Gasteiger partial charge in [0.25, 0.3) is 5.69 Å². The van der Waals surface area contributed by atoms with Crippen LogP contribution in [0.25, 0.3) is 11.8 Å². The molecule has 29 heavy (non-hydrogen) atoms. The summed E-state index contributed by atoms with van der Waals surface area (Å²) in [6.07, 6.45) is 3.08. The molecule has 0 fully saturated rings. The molecule has 9 heteroatoms. The van der Waals surface area contributed by atoms with E-state index in [1.807, 2.05) is 19.1 Å². The summed E-state index contributed by atoms with van der Waals surface area (Å²) in [7, 11) is 0. The molecule has 1 N–H and O–H groups in total. The van der Waals surface area contributed by atoms with E-state index >= 15 is 0 Å². The van der Waals surface area contributed by atoms with E-state index in [0.717, 1.165) is 16.9 Å². The largest absolute Gasteiger partial charge is 0.493 e. The molecule has 1 aliphatic rings. The third-order valence-corrected chi connectivity index (χ3v) is 5.23. The molecule has 0 saturated heterocycles. The van der Waals surface area contributed by atoms with Crippen LogP contribution in [-0.4, -0.2) is 26.5 Å². The van der Waals surface area contributed by atoms with Crippen LogP contribution < -0.4 is 4.87 Å². The Morgan fingerprint density at radius 1 is 1.21 bits per heavy atom. The molecule has 0 radical (unpaired) electrons. The number of benzene rings is 2. The number of aryl methyl sites for hydroxylation is 1. The molecule has 0 aliphatic carbocycles. The van der Waals surface area contributed by atoms with Gasteiger partial charge in [0.15, 0.2) is 0 Å². The van der Waals surface area contributed by atoms with Gasteiger partial charge in [0.1, 0.15) is 5.71 Å². The Bertz CT molecular complexity index is 1270. The summed E-state index contributed by atoms with van der Waals surface area (Å²) >= 11 is 0.888. The number of allylic oxidation sites excluding steroid dienone is 1. The highest BCUT2D eigenvalue weighted by atomic mass is 32.1. The molecular formula is C20H14N4O4S. The second kappa shape index (κ2) is 7.28. The molecule has 0 unspecified atom stereocenters. The van der Waals surface area contributed by atoms with Gasteiger partial charge in [-0.15, -0.1) is 5.10 Å². The average molecular weight is 406 g/mol. The molecule has 0 atom stereocenters. The van der Waals surface area contributed by atoms with Gasteiger partial charge < -0.3 is 5.11 Å². The smallest absolute Gasteiger partial charge is 0.315 e. The first-order valence-electron chi connectivity index (χ1n) is 8.54. The number of rotatable bonds is 4. The lowest BCUT2D eigenvalue weighted by Gasteiger charge is -2.04. The molecule has 0 spiro atoms. The Morgan fingerprint density at radius 3 is 2.69 bits per heavy atom. The maximum atomic E-state index is 12.4. The van der Waals surface area contributed by atoms with Gasteiger partial charge in [-0.25, -0.2) is 4.57 Å². The van der Waals surface area contributed by atoms with E-state index in [1.165, 1.54) is 22.9 Å². The molecule has 0 amide bonds. The number of hydrogen-bond donors (Lipinski definition) is 1. The second-order valence-electron chi connectivity index (χ2n) is 6.33. The molecule has 1 aromatic heterocycles. The quantitative estimate of drug-likeness (QED) is 0.526. The highest BCUT2D eigenvalue weighted by molar-refractivity contribution is 7.10. The molecule has 8 nitrogen and oxygen atoms in total. The third-order valence-electron chi connectivity index (χ3n) is 4.35. The number of aromatic nitrogens is 1. The molecule has 1 aliphatic heterocycles. The van der Waals surface area contributed by atoms with Crippen LogP contribution in [0.3, 0.4) is 0 Å². The fourth-order valence-electron chi connectivity index (χ4n) is 2.90. The van der Waals surface area contributed by atoms with Crippen molar-refractivity contribution in [3.05, 3.63) is 89.9 Å². The highest BCUT2D eigenvalue weighted by Gasteiger charge is 2.19. The molecule has 144 valence electrons. The topological polar surface area (TPSA) is 110 Å². The van der Waals surface area contributed by atoms with Crippen molar-refractivity contribution in [3.8, 4) is 11.6 Å².